The van der Waals surface area contributed by atoms with Gasteiger partial charge in [0.05, 0.1) is 0 Å². The molecule has 4 rings (SSSR count). The fraction of sp³-hybridized carbons (Fsp3) is 0.211. The lowest BCUT2D eigenvalue weighted by atomic mass is 9.81. The van der Waals surface area contributed by atoms with Crippen LogP contribution in [0.3, 0.4) is 0 Å². The third-order valence-corrected chi connectivity index (χ3v) is 4.81. The Kier molecular flexibility index (Phi) is 3.72. The van der Waals surface area contributed by atoms with E-state index in [4.69, 9.17) is 5.73 Å². The number of carbonyl (C=O) groups is 1. The van der Waals surface area contributed by atoms with Gasteiger partial charge in [0.15, 0.2) is 5.82 Å². The molecule has 2 heterocycles. The Morgan fingerprint density at radius 2 is 2.00 bits per heavy atom. The van der Waals surface area contributed by atoms with Gasteiger partial charge in [-0.2, -0.15) is 0 Å². The highest BCUT2D eigenvalue weighted by Gasteiger charge is 2.27. The molecule has 0 saturated heterocycles. The summed E-state index contributed by atoms with van der Waals surface area (Å²) in [5.74, 6) is 0.259. The predicted molar refractivity (Wildman–Crippen MR) is 93.9 cm³/mol. The van der Waals surface area contributed by atoms with E-state index in [2.05, 4.69) is 10.1 Å². The number of nitrogens with two attached hydrogens (primary N) is 1. The molecular weight excluding hydrogens is 316 g/mol. The van der Waals surface area contributed by atoms with Gasteiger partial charge in [-0.25, -0.2) is 9.67 Å². The average Bonchev–Trinajstić information content (AvgIpc) is 2.98. The molecule has 3 aromatic rings. The van der Waals surface area contributed by atoms with Crippen LogP contribution in [0.2, 0.25) is 0 Å². The zero-order valence-corrected chi connectivity index (χ0v) is 13.6. The smallest absolute Gasteiger partial charge is 0.276 e. The Labute approximate surface area is 144 Å². The van der Waals surface area contributed by atoms with Gasteiger partial charge in [-0.05, 0) is 48.9 Å². The van der Waals surface area contributed by atoms with Crippen molar-refractivity contribution in [2.75, 3.05) is 0 Å². The molecule has 1 amide bonds. The first-order valence-electron chi connectivity index (χ1n) is 8.28. The number of benzene rings is 1. The van der Waals surface area contributed by atoms with Crippen LogP contribution in [0.1, 0.15) is 39.5 Å². The number of hydrogen-bond donors (Lipinski definition) is 2. The molecule has 0 saturated carbocycles. The number of H-pyrrole nitrogens is 1. The van der Waals surface area contributed by atoms with E-state index in [0.29, 0.717) is 17.8 Å². The van der Waals surface area contributed by atoms with Crippen molar-refractivity contribution in [3.63, 3.8) is 0 Å². The largest absolute Gasteiger partial charge is 0.366 e. The Balaban J connectivity index is 1.72. The molecular formula is C19H18N4O2. The molecule has 126 valence electrons. The SMILES string of the molecule is NC(=O)c1ccccc1C1CCc2[nH]n(-c3ccccn3)c(=O)c2C1. The number of hydrogen-bond acceptors (Lipinski definition) is 3. The summed E-state index contributed by atoms with van der Waals surface area (Å²) in [5, 5.41) is 3.18. The van der Waals surface area contributed by atoms with Crippen LogP contribution in [0.25, 0.3) is 5.82 Å². The van der Waals surface area contributed by atoms with Crippen LogP contribution in [0.15, 0.2) is 53.5 Å². The van der Waals surface area contributed by atoms with Crippen molar-refractivity contribution in [3.8, 4) is 5.82 Å². The van der Waals surface area contributed by atoms with Gasteiger partial charge in [-0.3, -0.25) is 14.7 Å². The summed E-state index contributed by atoms with van der Waals surface area (Å²) in [7, 11) is 0. The van der Waals surface area contributed by atoms with Crippen molar-refractivity contribution in [3.05, 3.63) is 81.4 Å². The molecule has 6 heteroatoms. The molecule has 25 heavy (non-hydrogen) atoms. The number of rotatable bonds is 3. The van der Waals surface area contributed by atoms with Crippen LogP contribution < -0.4 is 11.3 Å². The van der Waals surface area contributed by atoms with Gasteiger partial charge in [-0.1, -0.05) is 24.3 Å². The van der Waals surface area contributed by atoms with Gasteiger partial charge < -0.3 is 5.73 Å². The predicted octanol–water partition coefficient (Wildman–Crippen LogP) is 1.93. The van der Waals surface area contributed by atoms with Crippen LogP contribution in [0, 0.1) is 0 Å². The van der Waals surface area contributed by atoms with E-state index in [9.17, 15) is 9.59 Å². The van der Waals surface area contributed by atoms with Gasteiger partial charge in [0.2, 0.25) is 5.91 Å². The van der Waals surface area contributed by atoms with Crippen LogP contribution in [0.4, 0.5) is 0 Å². The van der Waals surface area contributed by atoms with E-state index in [1.807, 2.05) is 30.3 Å². The lowest BCUT2D eigenvalue weighted by Crippen LogP contribution is -2.23. The van der Waals surface area contributed by atoms with Gasteiger partial charge in [0.25, 0.3) is 5.56 Å². The molecule has 0 fully saturated rings. The van der Waals surface area contributed by atoms with Crippen LogP contribution in [-0.2, 0) is 12.8 Å². The van der Waals surface area contributed by atoms with E-state index in [1.54, 1.807) is 18.3 Å². The number of amides is 1. The minimum absolute atomic E-state index is 0.0741. The molecule has 6 nitrogen and oxygen atoms in total. The molecule has 3 N–H and O–H groups in total. The number of carbonyl (C=O) groups excluding carboxylic acids is 1. The molecule has 0 radical (unpaired) electrons. The van der Waals surface area contributed by atoms with Gasteiger partial charge in [0.1, 0.15) is 0 Å². The first-order valence-corrected chi connectivity index (χ1v) is 8.28. The third-order valence-electron chi connectivity index (χ3n) is 4.81. The standard InChI is InChI=1S/C19H18N4O2/c20-18(24)14-6-2-1-5-13(14)12-8-9-16-15(11-12)19(25)23(22-16)17-7-3-4-10-21-17/h1-7,10,12,22H,8-9,11H2,(H2,20,24). The van der Waals surface area contributed by atoms with Crippen LogP contribution >= 0.6 is 0 Å². The molecule has 0 spiro atoms. The van der Waals surface area contributed by atoms with Crippen LogP contribution in [0.5, 0.6) is 0 Å². The maximum Gasteiger partial charge on any atom is 0.276 e. The highest BCUT2D eigenvalue weighted by molar-refractivity contribution is 5.94. The molecule has 1 aromatic carbocycles. The summed E-state index contributed by atoms with van der Waals surface area (Å²) in [6.07, 6.45) is 3.87. The minimum atomic E-state index is -0.429. The summed E-state index contributed by atoms with van der Waals surface area (Å²) in [6, 6.07) is 12.8. The molecule has 1 unspecified atom stereocenters. The number of fused-ring (bicyclic) bond motifs is 1. The molecule has 0 aliphatic heterocycles. The first kappa shape index (κ1) is 15.4. The monoisotopic (exact) mass is 334 g/mol. The van der Waals surface area contributed by atoms with E-state index in [1.165, 1.54) is 4.68 Å². The van der Waals surface area contributed by atoms with Gasteiger partial charge in [-0.15, -0.1) is 0 Å². The van der Waals surface area contributed by atoms with Gasteiger partial charge in [0, 0.05) is 23.0 Å². The number of pyridine rings is 1. The topological polar surface area (TPSA) is 93.8 Å². The second-order valence-corrected chi connectivity index (χ2v) is 6.29. The van der Waals surface area contributed by atoms with E-state index < -0.39 is 5.91 Å². The lowest BCUT2D eigenvalue weighted by molar-refractivity contribution is 0.0999. The summed E-state index contributed by atoms with van der Waals surface area (Å²) in [5.41, 5.74) is 8.61. The first-order chi connectivity index (χ1) is 12.1. The molecule has 2 aromatic heterocycles. The van der Waals surface area contributed by atoms with Crippen molar-refractivity contribution in [1.82, 2.24) is 14.8 Å². The molecule has 1 aliphatic rings. The Hall–Kier alpha value is -3.15. The van der Waals surface area contributed by atoms with Crippen LogP contribution in [-0.4, -0.2) is 20.7 Å². The number of aromatic nitrogens is 3. The van der Waals surface area contributed by atoms with Gasteiger partial charge >= 0.3 is 0 Å². The number of aryl methyl sites for hydroxylation is 1. The molecule has 1 atom stereocenters. The quantitative estimate of drug-likeness (QED) is 0.766. The number of nitrogens with one attached hydrogen (secondary N) is 1. The summed E-state index contributed by atoms with van der Waals surface area (Å²) in [4.78, 5) is 28.8. The fourth-order valence-electron chi connectivity index (χ4n) is 3.59. The van der Waals surface area contributed by atoms with Crippen molar-refractivity contribution in [2.45, 2.75) is 25.2 Å². The maximum absolute atomic E-state index is 12.8. The second kappa shape index (κ2) is 6.05. The Bertz CT molecular complexity index is 988. The number of primary amides is 1. The molecule has 0 bridgehead atoms. The number of nitrogens with zero attached hydrogens (tertiary/aromatic N) is 2. The Morgan fingerprint density at radius 1 is 1.20 bits per heavy atom. The summed E-state index contributed by atoms with van der Waals surface area (Å²) < 4.78 is 1.49. The Morgan fingerprint density at radius 3 is 2.76 bits per heavy atom. The van der Waals surface area contributed by atoms with E-state index in [-0.39, 0.29) is 11.5 Å². The fourth-order valence-corrected chi connectivity index (χ4v) is 3.59. The number of aromatic amines is 1. The highest BCUT2D eigenvalue weighted by Crippen LogP contribution is 2.32. The normalized spacial score (nSPS) is 16.4. The van der Waals surface area contributed by atoms with E-state index in [0.717, 1.165) is 29.7 Å². The van der Waals surface area contributed by atoms with Crippen molar-refractivity contribution in [2.24, 2.45) is 5.73 Å². The van der Waals surface area contributed by atoms with Crippen molar-refractivity contribution >= 4 is 5.91 Å². The lowest BCUT2D eigenvalue weighted by Gasteiger charge is -2.23. The third kappa shape index (κ3) is 2.65. The van der Waals surface area contributed by atoms with E-state index >= 15 is 0 Å². The molecule has 1 aliphatic carbocycles. The minimum Gasteiger partial charge on any atom is -0.366 e. The van der Waals surface area contributed by atoms with Crippen molar-refractivity contribution < 1.29 is 4.79 Å². The summed E-state index contributed by atoms with van der Waals surface area (Å²) >= 11 is 0. The second-order valence-electron chi connectivity index (χ2n) is 6.29. The maximum atomic E-state index is 12.8. The zero-order valence-electron chi connectivity index (χ0n) is 13.6. The zero-order chi connectivity index (χ0) is 17.4. The highest BCUT2D eigenvalue weighted by atomic mass is 16.1. The summed E-state index contributed by atoms with van der Waals surface area (Å²) in [6.45, 7) is 0. The van der Waals surface area contributed by atoms with Crippen molar-refractivity contribution in [1.29, 1.82) is 0 Å². The average molecular weight is 334 g/mol.